The highest BCUT2D eigenvalue weighted by molar-refractivity contribution is 5.83. The fourth-order valence-corrected chi connectivity index (χ4v) is 4.67. The molecule has 2 aromatic rings. The Kier molecular flexibility index (Phi) is 10.8. The van der Waals surface area contributed by atoms with Gasteiger partial charge in [-0.05, 0) is 94.2 Å². The van der Waals surface area contributed by atoms with Crippen molar-refractivity contribution in [3.8, 4) is 0 Å². The SMILES string of the molecule is CC(=O)C(C)(C)O.CC(=O)C(C)(C)O.CCC(C)(CC1(C)CC(C)c2ccccc21)c1ccccc1. The number of rotatable bonds is 6. The molecule has 36 heavy (non-hydrogen) atoms. The highest BCUT2D eigenvalue weighted by atomic mass is 16.3. The molecule has 0 aromatic heterocycles. The number of carbonyl (C=O) groups is 2. The summed E-state index contributed by atoms with van der Waals surface area (Å²) in [5, 5.41) is 17.5. The van der Waals surface area contributed by atoms with Gasteiger partial charge in [-0.15, -0.1) is 0 Å². The Morgan fingerprint density at radius 2 is 1.28 bits per heavy atom. The number of fused-ring (bicyclic) bond motifs is 1. The predicted octanol–water partition coefficient (Wildman–Crippen LogP) is 6.90. The lowest BCUT2D eigenvalue weighted by atomic mass is 9.66. The van der Waals surface area contributed by atoms with Gasteiger partial charge in [-0.25, -0.2) is 0 Å². The molecule has 200 valence electrons. The third-order valence-electron chi connectivity index (χ3n) is 7.65. The average molecular weight is 497 g/mol. The van der Waals surface area contributed by atoms with Crippen molar-refractivity contribution < 1.29 is 19.8 Å². The molecule has 0 aliphatic heterocycles. The molecule has 0 fully saturated rings. The molecule has 1 aliphatic carbocycles. The number of ketones is 2. The van der Waals surface area contributed by atoms with Crippen LogP contribution in [-0.4, -0.2) is 33.0 Å². The van der Waals surface area contributed by atoms with Gasteiger partial charge in [-0.1, -0.05) is 82.3 Å². The van der Waals surface area contributed by atoms with Gasteiger partial charge in [0.25, 0.3) is 0 Å². The molecular formula is C32H48O4. The van der Waals surface area contributed by atoms with Crippen LogP contribution in [0.3, 0.4) is 0 Å². The van der Waals surface area contributed by atoms with Crippen molar-refractivity contribution in [3.05, 3.63) is 71.3 Å². The van der Waals surface area contributed by atoms with Crippen LogP contribution < -0.4 is 0 Å². The number of carbonyl (C=O) groups excluding carboxylic acids is 2. The first-order valence-electron chi connectivity index (χ1n) is 13.0. The monoisotopic (exact) mass is 496 g/mol. The van der Waals surface area contributed by atoms with Crippen molar-refractivity contribution in [2.24, 2.45) is 0 Å². The second-order valence-corrected chi connectivity index (χ2v) is 11.9. The zero-order chi connectivity index (χ0) is 27.9. The second-order valence-electron chi connectivity index (χ2n) is 11.9. The molecule has 0 saturated heterocycles. The van der Waals surface area contributed by atoms with E-state index in [4.69, 9.17) is 10.2 Å². The molecule has 0 heterocycles. The van der Waals surface area contributed by atoms with E-state index in [0.29, 0.717) is 5.92 Å². The lowest BCUT2D eigenvalue weighted by Crippen LogP contribution is -2.32. The van der Waals surface area contributed by atoms with E-state index in [1.54, 1.807) is 11.1 Å². The van der Waals surface area contributed by atoms with Gasteiger partial charge in [0.05, 0.1) is 0 Å². The van der Waals surface area contributed by atoms with E-state index in [-0.39, 0.29) is 22.4 Å². The Labute approximate surface area is 219 Å². The smallest absolute Gasteiger partial charge is 0.160 e. The molecule has 3 unspecified atom stereocenters. The molecule has 0 radical (unpaired) electrons. The number of hydrogen-bond acceptors (Lipinski definition) is 4. The molecule has 4 heteroatoms. The maximum atomic E-state index is 10.2. The first-order valence-corrected chi connectivity index (χ1v) is 13.0. The number of hydrogen-bond donors (Lipinski definition) is 2. The summed E-state index contributed by atoms with van der Waals surface area (Å²) in [6.07, 6.45) is 3.68. The van der Waals surface area contributed by atoms with Crippen molar-refractivity contribution in [1.29, 1.82) is 0 Å². The molecule has 3 atom stereocenters. The summed E-state index contributed by atoms with van der Waals surface area (Å²) in [6, 6.07) is 20.2. The van der Waals surface area contributed by atoms with E-state index >= 15 is 0 Å². The van der Waals surface area contributed by atoms with Gasteiger partial charge in [0.1, 0.15) is 11.2 Å². The lowest BCUT2D eigenvalue weighted by molar-refractivity contribution is -0.132. The standard InChI is InChI=1S/C22H28.2C5H10O2/c1-5-21(3,18-11-7-6-8-12-18)16-22(4)15-17(2)19-13-9-10-14-20(19)22;2*1-4(6)5(2,3)7/h6-14,17H,5,15-16H2,1-4H3;2*7H,1-3H3. The van der Waals surface area contributed by atoms with Crippen molar-refractivity contribution in [2.45, 2.75) is 116 Å². The number of Topliss-reactive ketones (excluding diaryl/α,β-unsaturated/α-hetero) is 2. The highest BCUT2D eigenvalue weighted by Crippen LogP contribution is 2.52. The molecule has 2 aromatic carbocycles. The van der Waals surface area contributed by atoms with Crippen LogP contribution in [0, 0.1) is 0 Å². The molecule has 4 nitrogen and oxygen atoms in total. The molecule has 1 aliphatic rings. The highest BCUT2D eigenvalue weighted by Gasteiger charge is 2.43. The summed E-state index contributed by atoms with van der Waals surface area (Å²) in [5.74, 6) is 0.276. The minimum absolute atomic E-state index is 0.201. The predicted molar refractivity (Wildman–Crippen MR) is 149 cm³/mol. The van der Waals surface area contributed by atoms with E-state index in [1.807, 2.05) is 0 Å². The zero-order valence-corrected chi connectivity index (χ0v) is 24.1. The van der Waals surface area contributed by atoms with Crippen LogP contribution in [0.5, 0.6) is 0 Å². The maximum Gasteiger partial charge on any atom is 0.160 e. The molecule has 0 amide bonds. The van der Waals surface area contributed by atoms with Crippen LogP contribution in [0.25, 0.3) is 0 Å². The van der Waals surface area contributed by atoms with Crippen molar-refractivity contribution in [3.63, 3.8) is 0 Å². The summed E-state index contributed by atoms with van der Waals surface area (Å²) < 4.78 is 0. The van der Waals surface area contributed by atoms with Gasteiger partial charge in [0.2, 0.25) is 0 Å². The van der Waals surface area contributed by atoms with Crippen LogP contribution in [0.2, 0.25) is 0 Å². The molecule has 3 rings (SSSR count). The Morgan fingerprint density at radius 3 is 1.69 bits per heavy atom. The van der Waals surface area contributed by atoms with E-state index in [2.05, 4.69) is 82.3 Å². The van der Waals surface area contributed by atoms with Crippen molar-refractivity contribution in [1.82, 2.24) is 0 Å². The summed E-state index contributed by atoms with van der Waals surface area (Å²) in [7, 11) is 0. The van der Waals surface area contributed by atoms with Gasteiger partial charge in [0.15, 0.2) is 11.6 Å². The van der Waals surface area contributed by atoms with Gasteiger partial charge in [-0.2, -0.15) is 0 Å². The summed E-state index contributed by atoms with van der Waals surface area (Å²) in [5.41, 5.74) is 2.88. The van der Waals surface area contributed by atoms with Crippen LogP contribution in [-0.2, 0) is 20.4 Å². The van der Waals surface area contributed by atoms with Gasteiger partial charge < -0.3 is 10.2 Å². The largest absolute Gasteiger partial charge is 0.383 e. The Bertz CT molecular complexity index is 973. The quantitative estimate of drug-likeness (QED) is 0.456. The summed E-state index contributed by atoms with van der Waals surface area (Å²) in [4.78, 5) is 20.4. The van der Waals surface area contributed by atoms with Gasteiger partial charge >= 0.3 is 0 Å². The zero-order valence-electron chi connectivity index (χ0n) is 24.1. The van der Waals surface area contributed by atoms with Crippen LogP contribution in [0.15, 0.2) is 54.6 Å². The van der Waals surface area contributed by atoms with Crippen LogP contribution >= 0.6 is 0 Å². The minimum atomic E-state index is -1.14. The fourth-order valence-electron chi connectivity index (χ4n) is 4.67. The van der Waals surface area contributed by atoms with Crippen molar-refractivity contribution >= 4 is 11.6 Å². The minimum Gasteiger partial charge on any atom is -0.383 e. The normalized spacial score (nSPS) is 20.6. The number of benzene rings is 2. The van der Waals surface area contributed by atoms with Crippen LogP contribution in [0.4, 0.5) is 0 Å². The molecule has 0 spiro atoms. The Balaban J connectivity index is 0.000000383. The van der Waals surface area contributed by atoms with E-state index < -0.39 is 11.2 Å². The Hall–Kier alpha value is -2.30. The third-order valence-corrected chi connectivity index (χ3v) is 7.65. The third kappa shape index (κ3) is 8.67. The lowest BCUT2D eigenvalue weighted by Gasteiger charge is -2.38. The Morgan fingerprint density at radius 1 is 0.861 bits per heavy atom. The average Bonchev–Trinajstić information content (AvgIpc) is 3.03. The molecule has 0 bridgehead atoms. The molecule has 2 N–H and O–H groups in total. The summed E-state index contributed by atoms with van der Waals surface area (Å²) in [6.45, 7) is 18.2. The summed E-state index contributed by atoms with van der Waals surface area (Å²) >= 11 is 0. The molecular weight excluding hydrogens is 448 g/mol. The van der Waals surface area contributed by atoms with Crippen LogP contribution in [0.1, 0.15) is 111 Å². The van der Waals surface area contributed by atoms with Gasteiger partial charge in [0, 0.05) is 0 Å². The topological polar surface area (TPSA) is 74.6 Å². The van der Waals surface area contributed by atoms with E-state index in [1.165, 1.54) is 66.4 Å². The second kappa shape index (κ2) is 12.3. The number of aliphatic hydroxyl groups is 2. The maximum absolute atomic E-state index is 10.2. The first kappa shape index (κ1) is 31.7. The van der Waals surface area contributed by atoms with Crippen molar-refractivity contribution in [2.75, 3.05) is 0 Å². The fraction of sp³-hybridized carbons (Fsp3) is 0.562. The first-order chi connectivity index (χ1) is 16.4. The molecule has 0 saturated carbocycles. The van der Waals surface area contributed by atoms with E-state index in [0.717, 1.165) is 0 Å². The van der Waals surface area contributed by atoms with E-state index in [9.17, 15) is 9.59 Å². The van der Waals surface area contributed by atoms with Gasteiger partial charge in [-0.3, -0.25) is 9.59 Å².